The largest absolute Gasteiger partial charge is 0.355 e. The van der Waals surface area contributed by atoms with E-state index in [1.165, 1.54) is 16.8 Å². The van der Waals surface area contributed by atoms with Crippen molar-refractivity contribution in [3.63, 3.8) is 0 Å². The van der Waals surface area contributed by atoms with Crippen molar-refractivity contribution in [3.8, 4) is 11.3 Å². The van der Waals surface area contributed by atoms with Crippen molar-refractivity contribution in [1.29, 1.82) is 0 Å². The zero-order chi connectivity index (χ0) is 20.5. The third-order valence-corrected chi connectivity index (χ3v) is 6.24. The predicted octanol–water partition coefficient (Wildman–Crippen LogP) is 3.32. The van der Waals surface area contributed by atoms with Gasteiger partial charge >= 0.3 is 0 Å². The van der Waals surface area contributed by atoms with Gasteiger partial charge in [0.05, 0.1) is 17.0 Å². The molecule has 1 aromatic carbocycles. The van der Waals surface area contributed by atoms with Gasteiger partial charge in [0, 0.05) is 57.0 Å². The third-order valence-electron chi connectivity index (χ3n) is 6.24. The lowest BCUT2D eigenvalue weighted by atomic mass is 10.0. The summed E-state index contributed by atoms with van der Waals surface area (Å²) in [6.45, 7) is 3.35. The van der Waals surface area contributed by atoms with Crippen molar-refractivity contribution in [2.45, 2.75) is 25.7 Å². The number of carbonyl (C=O) groups is 1. The number of likely N-dealkylation sites (tertiary alicyclic amines) is 1. The number of nitrogens with zero attached hydrogens (tertiary/aromatic N) is 5. The molecule has 1 fully saturated rings. The molecule has 2 aliphatic rings. The SMILES string of the molecule is Cn1nc2c(c1-c1ccccc1)CCN(c1ncccc1C(=O)N1CCCC1)CC2. The van der Waals surface area contributed by atoms with Gasteiger partial charge in [-0.1, -0.05) is 30.3 Å². The fourth-order valence-corrected chi connectivity index (χ4v) is 4.76. The molecule has 0 N–H and O–H groups in total. The van der Waals surface area contributed by atoms with E-state index in [1.54, 1.807) is 6.20 Å². The number of carbonyl (C=O) groups excluding carboxylic acids is 1. The van der Waals surface area contributed by atoms with Gasteiger partial charge in [0.2, 0.25) is 0 Å². The summed E-state index contributed by atoms with van der Waals surface area (Å²) < 4.78 is 2.01. The van der Waals surface area contributed by atoms with Crippen molar-refractivity contribution >= 4 is 11.7 Å². The molecule has 5 rings (SSSR count). The molecule has 0 aliphatic carbocycles. The van der Waals surface area contributed by atoms with Gasteiger partial charge in [0.25, 0.3) is 5.91 Å². The number of fused-ring (bicyclic) bond motifs is 1. The minimum atomic E-state index is 0.112. The van der Waals surface area contributed by atoms with Crippen molar-refractivity contribution < 1.29 is 4.79 Å². The highest BCUT2D eigenvalue weighted by Gasteiger charge is 2.27. The molecule has 4 heterocycles. The Labute approximate surface area is 177 Å². The molecule has 0 atom stereocenters. The van der Waals surface area contributed by atoms with Gasteiger partial charge in [0.15, 0.2) is 0 Å². The molecule has 3 aromatic rings. The number of aromatic nitrogens is 3. The highest BCUT2D eigenvalue weighted by molar-refractivity contribution is 5.99. The van der Waals surface area contributed by atoms with E-state index in [0.717, 1.165) is 68.9 Å². The number of hydrogen-bond donors (Lipinski definition) is 0. The molecule has 0 spiro atoms. The first-order valence-electron chi connectivity index (χ1n) is 10.8. The van der Waals surface area contributed by atoms with E-state index < -0.39 is 0 Å². The smallest absolute Gasteiger partial charge is 0.257 e. The molecular weight excluding hydrogens is 374 g/mol. The van der Waals surface area contributed by atoms with Crippen LogP contribution in [0.3, 0.4) is 0 Å². The normalized spacial score (nSPS) is 16.4. The summed E-state index contributed by atoms with van der Waals surface area (Å²) in [4.78, 5) is 22.0. The monoisotopic (exact) mass is 401 g/mol. The van der Waals surface area contributed by atoms with Crippen LogP contribution in [0, 0.1) is 0 Å². The van der Waals surface area contributed by atoms with Crippen LogP contribution in [0.1, 0.15) is 34.5 Å². The van der Waals surface area contributed by atoms with Crippen LogP contribution >= 0.6 is 0 Å². The molecular formula is C24H27N5O. The summed E-state index contributed by atoms with van der Waals surface area (Å²) in [6.07, 6.45) is 5.72. The van der Waals surface area contributed by atoms with E-state index in [1.807, 2.05) is 34.8 Å². The predicted molar refractivity (Wildman–Crippen MR) is 118 cm³/mol. The molecule has 0 bridgehead atoms. The number of benzene rings is 1. The van der Waals surface area contributed by atoms with E-state index in [0.29, 0.717) is 0 Å². The van der Waals surface area contributed by atoms with Gasteiger partial charge in [-0.25, -0.2) is 4.98 Å². The van der Waals surface area contributed by atoms with Crippen LogP contribution in [0.5, 0.6) is 0 Å². The number of rotatable bonds is 3. The summed E-state index contributed by atoms with van der Waals surface area (Å²) in [6, 6.07) is 14.3. The number of aryl methyl sites for hydroxylation is 1. The molecule has 0 radical (unpaired) electrons. The maximum Gasteiger partial charge on any atom is 0.257 e. The van der Waals surface area contributed by atoms with E-state index >= 15 is 0 Å². The van der Waals surface area contributed by atoms with Crippen LogP contribution < -0.4 is 4.90 Å². The maximum atomic E-state index is 13.1. The molecule has 1 saturated heterocycles. The number of hydrogen-bond acceptors (Lipinski definition) is 4. The fraction of sp³-hybridized carbons (Fsp3) is 0.375. The Morgan fingerprint density at radius 3 is 2.50 bits per heavy atom. The average Bonchev–Trinajstić information content (AvgIpc) is 3.37. The fourth-order valence-electron chi connectivity index (χ4n) is 4.76. The molecule has 30 heavy (non-hydrogen) atoms. The van der Waals surface area contributed by atoms with Gasteiger partial charge in [-0.05, 0) is 31.4 Å². The highest BCUT2D eigenvalue weighted by atomic mass is 16.2. The summed E-state index contributed by atoms with van der Waals surface area (Å²) in [5.41, 5.74) is 5.59. The van der Waals surface area contributed by atoms with Gasteiger partial charge in [-0.2, -0.15) is 5.10 Å². The number of amides is 1. The molecule has 2 aromatic heterocycles. The lowest BCUT2D eigenvalue weighted by molar-refractivity contribution is 0.0793. The first-order chi connectivity index (χ1) is 14.7. The zero-order valence-corrected chi connectivity index (χ0v) is 17.4. The Balaban J connectivity index is 1.43. The minimum absolute atomic E-state index is 0.112. The Kier molecular flexibility index (Phi) is 4.99. The van der Waals surface area contributed by atoms with E-state index in [-0.39, 0.29) is 5.91 Å². The maximum absolute atomic E-state index is 13.1. The Hall–Kier alpha value is -3.15. The second-order valence-electron chi connectivity index (χ2n) is 8.12. The van der Waals surface area contributed by atoms with Crippen LogP contribution in [0.2, 0.25) is 0 Å². The van der Waals surface area contributed by atoms with Crippen LogP contribution in [0.4, 0.5) is 5.82 Å². The van der Waals surface area contributed by atoms with Crippen molar-refractivity contribution in [2.75, 3.05) is 31.1 Å². The number of anilines is 1. The van der Waals surface area contributed by atoms with Crippen LogP contribution in [0.15, 0.2) is 48.7 Å². The van der Waals surface area contributed by atoms with Crippen molar-refractivity contribution in [1.82, 2.24) is 19.7 Å². The van der Waals surface area contributed by atoms with Crippen molar-refractivity contribution in [3.05, 3.63) is 65.5 Å². The molecule has 0 saturated carbocycles. The Morgan fingerprint density at radius 1 is 0.933 bits per heavy atom. The molecule has 1 amide bonds. The summed E-state index contributed by atoms with van der Waals surface area (Å²) in [5, 5.41) is 4.83. The van der Waals surface area contributed by atoms with Crippen LogP contribution in [-0.2, 0) is 19.9 Å². The standard InChI is InChI=1S/C24H27N5O/c1-27-22(18-8-3-2-4-9-18)19-11-16-28(17-12-21(19)26-27)23-20(10-7-13-25-23)24(30)29-14-5-6-15-29/h2-4,7-10,13H,5-6,11-12,14-17H2,1H3. The Bertz CT molecular complexity index is 1050. The molecule has 2 aliphatic heterocycles. The van der Waals surface area contributed by atoms with Crippen LogP contribution in [0.25, 0.3) is 11.3 Å². The summed E-state index contributed by atoms with van der Waals surface area (Å²) in [7, 11) is 2.03. The van der Waals surface area contributed by atoms with E-state index in [2.05, 4.69) is 34.1 Å². The summed E-state index contributed by atoms with van der Waals surface area (Å²) >= 11 is 0. The number of pyridine rings is 1. The van der Waals surface area contributed by atoms with Gasteiger partial charge < -0.3 is 9.80 Å². The molecule has 0 unspecified atom stereocenters. The zero-order valence-electron chi connectivity index (χ0n) is 17.4. The van der Waals surface area contributed by atoms with Gasteiger partial charge in [-0.3, -0.25) is 9.48 Å². The second kappa shape index (κ2) is 7.94. The quantitative estimate of drug-likeness (QED) is 0.676. The van der Waals surface area contributed by atoms with Gasteiger partial charge in [0.1, 0.15) is 5.82 Å². The lowest BCUT2D eigenvalue weighted by Gasteiger charge is -2.25. The minimum Gasteiger partial charge on any atom is -0.355 e. The molecule has 154 valence electrons. The third kappa shape index (κ3) is 3.36. The molecule has 6 heteroatoms. The topological polar surface area (TPSA) is 54.3 Å². The average molecular weight is 402 g/mol. The second-order valence-corrected chi connectivity index (χ2v) is 8.12. The highest BCUT2D eigenvalue weighted by Crippen LogP contribution is 2.30. The molecule has 6 nitrogen and oxygen atoms in total. The van der Waals surface area contributed by atoms with E-state index in [4.69, 9.17) is 5.10 Å². The first-order valence-corrected chi connectivity index (χ1v) is 10.8. The lowest BCUT2D eigenvalue weighted by Crippen LogP contribution is -2.33. The first kappa shape index (κ1) is 18.9. The van der Waals surface area contributed by atoms with Crippen LogP contribution in [-0.4, -0.2) is 51.8 Å². The Morgan fingerprint density at radius 2 is 1.70 bits per heavy atom. The van der Waals surface area contributed by atoms with Gasteiger partial charge in [-0.15, -0.1) is 0 Å². The summed E-state index contributed by atoms with van der Waals surface area (Å²) in [5.74, 6) is 0.923. The van der Waals surface area contributed by atoms with Crippen molar-refractivity contribution in [2.24, 2.45) is 7.05 Å². The van der Waals surface area contributed by atoms with E-state index in [9.17, 15) is 4.79 Å².